The molecule has 5 rings (SSSR count). The highest BCUT2D eigenvalue weighted by Crippen LogP contribution is 2.36. The molecule has 210 valence electrons. The maximum absolute atomic E-state index is 13.4. The lowest BCUT2D eigenvalue weighted by atomic mass is 10.0. The number of pyridine rings is 1. The Labute approximate surface area is 238 Å². The Hall–Kier alpha value is -4.98. The third-order valence-electron chi connectivity index (χ3n) is 7.48. The number of carbonyl (C=O) groups is 3. The highest BCUT2D eigenvalue weighted by molar-refractivity contribution is 6.04. The molecule has 1 aromatic carbocycles. The molecule has 0 radical (unpaired) electrons. The molecule has 2 aromatic heterocycles. The number of carbonyl (C=O) groups excluding carboxylic acids is 3. The first-order valence-electron chi connectivity index (χ1n) is 13.7. The molecule has 2 fully saturated rings. The van der Waals surface area contributed by atoms with Gasteiger partial charge in [0.15, 0.2) is 11.5 Å². The number of nitrogens with one attached hydrogen (secondary N) is 1. The van der Waals surface area contributed by atoms with E-state index in [1.807, 2.05) is 19.1 Å². The number of nitrogens with zero attached hydrogens (tertiary/aromatic N) is 5. The quantitative estimate of drug-likeness (QED) is 0.219. The molecule has 0 spiro atoms. The van der Waals surface area contributed by atoms with Gasteiger partial charge in [-0.15, -0.1) is 0 Å². The van der Waals surface area contributed by atoms with Gasteiger partial charge in [-0.05, 0) is 74.3 Å². The van der Waals surface area contributed by atoms with Crippen LogP contribution < -0.4 is 16.9 Å². The first-order valence-corrected chi connectivity index (χ1v) is 13.7. The maximum atomic E-state index is 13.4. The summed E-state index contributed by atoms with van der Waals surface area (Å²) in [4.78, 5) is 52.8. The second-order valence-electron chi connectivity index (χ2n) is 10.3. The number of primary amides is 1. The minimum Gasteiger partial charge on any atom is -0.364 e. The van der Waals surface area contributed by atoms with Crippen LogP contribution >= 0.6 is 0 Å². The monoisotopic (exact) mass is 552 g/mol. The van der Waals surface area contributed by atoms with Gasteiger partial charge in [0.05, 0.1) is 12.6 Å². The molecular formula is C30H32N8O3. The van der Waals surface area contributed by atoms with Gasteiger partial charge in [-0.25, -0.2) is 19.5 Å². The number of hydrogen-bond acceptors (Lipinski definition) is 6. The van der Waals surface area contributed by atoms with Gasteiger partial charge in [0.25, 0.3) is 17.7 Å². The summed E-state index contributed by atoms with van der Waals surface area (Å²) in [5.41, 5.74) is 8.08. The van der Waals surface area contributed by atoms with Crippen LogP contribution in [0.4, 0.5) is 5.82 Å². The number of aryl methyl sites for hydroxylation is 1. The fourth-order valence-electron chi connectivity index (χ4n) is 5.09. The van der Waals surface area contributed by atoms with Crippen LogP contribution in [0.1, 0.15) is 77.3 Å². The van der Waals surface area contributed by atoms with E-state index in [2.05, 4.69) is 15.1 Å². The van der Waals surface area contributed by atoms with E-state index >= 15 is 0 Å². The topological polar surface area (TPSA) is 154 Å². The Morgan fingerprint density at radius 3 is 2.56 bits per heavy atom. The lowest BCUT2D eigenvalue weighted by Gasteiger charge is -2.35. The average Bonchev–Trinajstić information content (AvgIpc) is 3.75. The SMILES string of the molecule is [C-]#[N+]/C(=C\C1CC1)C(=O)N1CCCC[C@H]1c1nc(-c2ccc(C(=O)Nc3cc(CC)ccn3)cc2)c(C(N)=O)n1N. The van der Waals surface area contributed by atoms with Crippen LogP contribution in [0.5, 0.6) is 0 Å². The number of aromatic nitrogens is 3. The Bertz CT molecular complexity index is 1560. The number of rotatable bonds is 8. The molecule has 0 bridgehead atoms. The summed E-state index contributed by atoms with van der Waals surface area (Å²) in [6.45, 7) is 10.0. The van der Waals surface area contributed by atoms with Crippen LogP contribution in [0.25, 0.3) is 16.1 Å². The number of anilines is 1. The van der Waals surface area contributed by atoms with Crippen molar-refractivity contribution >= 4 is 23.5 Å². The van der Waals surface area contributed by atoms with Crippen molar-refractivity contribution in [3.63, 3.8) is 0 Å². The molecule has 2 aliphatic rings. The van der Waals surface area contributed by atoms with Crippen LogP contribution in [-0.4, -0.2) is 43.8 Å². The van der Waals surface area contributed by atoms with Crippen LogP contribution in [0.3, 0.4) is 0 Å². The Morgan fingerprint density at radius 1 is 1.15 bits per heavy atom. The molecule has 3 aromatic rings. The van der Waals surface area contributed by atoms with E-state index in [-0.39, 0.29) is 34.8 Å². The van der Waals surface area contributed by atoms with Crippen molar-refractivity contribution < 1.29 is 14.4 Å². The van der Waals surface area contributed by atoms with Crippen molar-refractivity contribution in [1.82, 2.24) is 19.5 Å². The van der Waals surface area contributed by atoms with E-state index in [1.54, 1.807) is 41.4 Å². The van der Waals surface area contributed by atoms with Gasteiger partial charge in [-0.1, -0.05) is 25.1 Å². The minimum atomic E-state index is -0.769. The van der Waals surface area contributed by atoms with Crippen molar-refractivity contribution in [1.29, 1.82) is 0 Å². The standard InChI is InChI=1S/C30H32N8O3/c1-3-18-13-14-34-24(17-18)35-29(40)21-11-9-20(10-12-21)25-26(27(31)39)38(32)28(36-25)23-6-4-5-15-37(23)30(41)22(33-2)16-19-7-8-19/h9-14,16-17,19,23H,3-8,15,32H2,1H3,(H2,31,39)(H,34,35,40)/b22-16-/t23-/m0/s1. The third-order valence-corrected chi connectivity index (χ3v) is 7.48. The lowest BCUT2D eigenvalue weighted by molar-refractivity contribution is -0.130. The number of imidazole rings is 1. The molecule has 5 N–H and O–H groups in total. The van der Waals surface area contributed by atoms with E-state index < -0.39 is 11.9 Å². The predicted octanol–water partition coefficient (Wildman–Crippen LogP) is 3.84. The number of piperidine rings is 1. The highest BCUT2D eigenvalue weighted by atomic mass is 16.2. The normalized spacial score (nSPS) is 17.1. The van der Waals surface area contributed by atoms with Crippen LogP contribution in [0, 0.1) is 12.5 Å². The molecule has 41 heavy (non-hydrogen) atoms. The largest absolute Gasteiger partial charge is 0.364 e. The zero-order valence-electron chi connectivity index (χ0n) is 22.8. The van der Waals surface area contributed by atoms with E-state index in [9.17, 15) is 14.4 Å². The van der Waals surface area contributed by atoms with Crippen molar-refractivity contribution in [2.75, 3.05) is 17.7 Å². The molecule has 11 nitrogen and oxygen atoms in total. The van der Waals surface area contributed by atoms with E-state index in [0.29, 0.717) is 35.7 Å². The van der Waals surface area contributed by atoms with Crippen LogP contribution in [-0.2, 0) is 11.2 Å². The number of nitrogen functional groups attached to an aromatic ring is 1. The number of likely N-dealkylation sites (tertiary alicyclic amines) is 1. The van der Waals surface area contributed by atoms with Crippen molar-refractivity contribution in [2.24, 2.45) is 11.7 Å². The van der Waals surface area contributed by atoms with E-state index in [0.717, 1.165) is 42.3 Å². The minimum absolute atomic E-state index is 0.00493. The van der Waals surface area contributed by atoms with Crippen molar-refractivity contribution in [3.05, 3.63) is 88.4 Å². The number of hydrogen-bond donors (Lipinski definition) is 3. The molecule has 3 amide bonds. The second kappa shape index (κ2) is 11.6. The Kier molecular flexibility index (Phi) is 7.83. The number of allylic oxidation sites excluding steroid dienone is 1. The molecule has 1 saturated heterocycles. The average molecular weight is 553 g/mol. The summed E-state index contributed by atoms with van der Waals surface area (Å²) in [6, 6.07) is 9.77. The smallest absolute Gasteiger partial charge is 0.269 e. The van der Waals surface area contributed by atoms with Crippen LogP contribution in [0.15, 0.2) is 54.4 Å². The maximum Gasteiger partial charge on any atom is 0.269 e. The molecule has 1 aliphatic carbocycles. The Balaban J connectivity index is 1.43. The van der Waals surface area contributed by atoms with E-state index in [1.165, 1.54) is 0 Å². The van der Waals surface area contributed by atoms with Gasteiger partial charge in [0.1, 0.15) is 11.5 Å². The summed E-state index contributed by atoms with van der Waals surface area (Å²) in [5.74, 6) is 6.00. The van der Waals surface area contributed by atoms with Gasteiger partial charge in [0.2, 0.25) is 5.70 Å². The second-order valence-corrected chi connectivity index (χ2v) is 10.3. The van der Waals surface area contributed by atoms with Crippen molar-refractivity contribution in [3.8, 4) is 11.3 Å². The number of nitrogens with two attached hydrogens (primary N) is 2. The third kappa shape index (κ3) is 5.82. The summed E-state index contributed by atoms with van der Waals surface area (Å²) in [5, 5.41) is 2.80. The van der Waals surface area contributed by atoms with Crippen LogP contribution in [0.2, 0.25) is 0 Å². The first kappa shape index (κ1) is 27.6. The van der Waals surface area contributed by atoms with E-state index in [4.69, 9.17) is 23.1 Å². The molecule has 1 saturated carbocycles. The molecule has 1 atom stereocenters. The molecular weight excluding hydrogens is 520 g/mol. The van der Waals surface area contributed by atoms with Gasteiger partial charge in [0, 0.05) is 23.9 Å². The summed E-state index contributed by atoms with van der Waals surface area (Å²) in [7, 11) is 0. The summed E-state index contributed by atoms with van der Waals surface area (Å²) in [6.07, 6.45) is 8.40. The van der Waals surface area contributed by atoms with Gasteiger partial charge < -0.3 is 21.8 Å². The zero-order chi connectivity index (χ0) is 29.1. The molecule has 3 heterocycles. The fraction of sp³-hybridized carbons (Fsp3) is 0.333. The molecule has 1 aliphatic heterocycles. The fourth-order valence-corrected chi connectivity index (χ4v) is 5.09. The van der Waals surface area contributed by atoms with Gasteiger partial charge in [-0.2, -0.15) is 0 Å². The summed E-state index contributed by atoms with van der Waals surface area (Å²) >= 11 is 0. The van der Waals surface area contributed by atoms with Crippen molar-refractivity contribution in [2.45, 2.75) is 51.5 Å². The predicted molar refractivity (Wildman–Crippen MR) is 154 cm³/mol. The number of amides is 3. The zero-order valence-corrected chi connectivity index (χ0v) is 22.8. The molecule has 11 heteroatoms. The number of benzene rings is 1. The highest BCUT2D eigenvalue weighted by Gasteiger charge is 2.36. The van der Waals surface area contributed by atoms with Gasteiger partial charge in [-0.3, -0.25) is 14.4 Å². The Morgan fingerprint density at radius 2 is 1.90 bits per heavy atom. The first-order chi connectivity index (χ1) is 19.8. The summed E-state index contributed by atoms with van der Waals surface area (Å²) < 4.78 is 1.16. The van der Waals surface area contributed by atoms with Gasteiger partial charge >= 0.3 is 0 Å². The molecule has 0 unspecified atom stereocenters. The lowest BCUT2D eigenvalue weighted by Crippen LogP contribution is -2.41.